The Morgan fingerprint density at radius 2 is 2.29 bits per heavy atom. The molecule has 0 bridgehead atoms. The van der Waals surface area contributed by atoms with Gasteiger partial charge in [-0.25, -0.2) is 4.98 Å². The van der Waals surface area contributed by atoms with Gasteiger partial charge in [0.25, 0.3) is 0 Å². The predicted molar refractivity (Wildman–Crippen MR) is 74.1 cm³/mol. The average Bonchev–Trinajstić information content (AvgIpc) is 2.89. The number of hydrazine groups is 1. The van der Waals surface area contributed by atoms with Gasteiger partial charge in [-0.3, -0.25) is 11.3 Å². The smallest absolute Gasteiger partial charge is 0.0944 e. The van der Waals surface area contributed by atoms with Crippen LogP contribution in [0.5, 0.6) is 0 Å². The lowest BCUT2D eigenvalue weighted by molar-refractivity contribution is 0.543. The quantitative estimate of drug-likeness (QED) is 0.496. The molecule has 0 aliphatic heterocycles. The molecule has 0 aliphatic carbocycles. The molecule has 1 aromatic heterocycles. The molecule has 0 saturated carbocycles. The van der Waals surface area contributed by atoms with Gasteiger partial charge in [0.1, 0.15) is 0 Å². The van der Waals surface area contributed by atoms with Gasteiger partial charge in [0.2, 0.25) is 0 Å². The van der Waals surface area contributed by atoms with Crippen molar-refractivity contribution in [2.45, 2.75) is 17.4 Å². The molecule has 0 saturated heterocycles. The molecule has 5 heteroatoms. The van der Waals surface area contributed by atoms with Gasteiger partial charge < -0.3 is 0 Å². The van der Waals surface area contributed by atoms with Crippen LogP contribution in [-0.2, 0) is 6.42 Å². The van der Waals surface area contributed by atoms with Crippen LogP contribution in [0.15, 0.2) is 40.7 Å². The summed E-state index contributed by atoms with van der Waals surface area (Å²) in [5.41, 5.74) is 4.12. The molecule has 3 nitrogen and oxygen atoms in total. The van der Waals surface area contributed by atoms with E-state index in [0.29, 0.717) is 0 Å². The standard InChI is InChI=1S/C12H15N3S2/c1-16-11-5-3-2-4-9(11)10(15-13)8-12-14-6-7-17-12/h2-7,10,15H,8,13H2,1H3. The highest BCUT2D eigenvalue weighted by Crippen LogP contribution is 2.27. The van der Waals surface area contributed by atoms with Crippen molar-refractivity contribution in [3.63, 3.8) is 0 Å². The molecular formula is C12H15N3S2. The maximum atomic E-state index is 5.66. The van der Waals surface area contributed by atoms with E-state index in [1.807, 2.05) is 23.7 Å². The summed E-state index contributed by atoms with van der Waals surface area (Å²) in [5, 5.41) is 3.09. The van der Waals surface area contributed by atoms with Crippen molar-refractivity contribution in [1.82, 2.24) is 10.4 Å². The van der Waals surface area contributed by atoms with Crippen LogP contribution in [0.3, 0.4) is 0 Å². The Labute approximate surface area is 109 Å². The van der Waals surface area contributed by atoms with Crippen LogP contribution in [0.1, 0.15) is 16.6 Å². The third kappa shape index (κ3) is 3.07. The molecular weight excluding hydrogens is 250 g/mol. The molecule has 1 aromatic carbocycles. The van der Waals surface area contributed by atoms with E-state index in [4.69, 9.17) is 5.84 Å². The van der Waals surface area contributed by atoms with E-state index < -0.39 is 0 Å². The van der Waals surface area contributed by atoms with E-state index in [2.05, 4.69) is 28.8 Å². The summed E-state index contributed by atoms with van der Waals surface area (Å²) in [7, 11) is 0. The lowest BCUT2D eigenvalue weighted by Gasteiger charge is -2.17. The Morgan fingerprint density at radius 3 is 2.94 bits per heavy atom. The normalized spacial score (nSPS) is 12.6. The summed E-state index contributed by atoms with van der Waals surface area (Å²) in [6, 6.07) is 8.44. The van der Waals surface area contributed by atoms with Gasteiger partial charge in [-0.05, 0) is 17.9 Å². The SMILES string of the molecule is CSc1ccccc1C(Cc1nccs1)NN. The molecule has 0 amide bonds. The molecule has 3 N–H and O–H groups in total. The topological polar surface area (TPSA) is 50.9 Å². The number of hydrogen-bond donors (Lipinski definition) is 2. The van der Waals surface area contributed by atoms with E-state index >= 15 is 0 Å². The second-order valence-corrected chi connectivity index (χ2v) is 5.42. The van der Waals surface area contributed by atoms with E-state index in [9.17, 15) is 0 Å². The van der Waals surface area contributed by atoms with Crippen molar-refractivity contribution in [2.75, 3.05) is 6.26 Å². The van der Waals surface area contributed by atoms with Crippen LogP contribution < -0.4 is 11.3 Å². The molecule has 1 heterocycles. The molecule has 0 aliphatic rings. The summed E-state index contributed by atoms with van der Waals surface area (Å²) in [6.07, 6.45) is 4.73. The fourth-order valence-electron chi connectivity index (χ4n) is 1.74. The molecule has 0 fully saturated rings. The first-order valence-electron chi connectivity index (χ1n) is 5.32. The Bertz CT molecular complexity index is 457. The first-order chi connectivity index (χ1) is 8.35. The second-order valence-electron chi connectivity index (χ2n) is 3.59. The molecule has 0 spiro atoms. The molecule has 17 heavy (non-hydrogen) atoms. The highest BCUT2D eigenvalue weighted by atomic mass is 32.2. The maximum Gasteiger partial charge on any atom is 0.0944 e. The highest BCUT2D eigenvalue weighted by Gasteiger charge is 2.15. The first-order valence-corrected chi connectivity index (χ1v) is 7.43. The molecule has 2 aromatic rings. The average molecular weight is 265 g/mol. The molecule has 1 atom stereocenters. The van der Waals surface area contributed by atoms with Crippen molar-refractivity contribution in [3.05, 3.63) is 46.4 Å². The zero-order valence-electron chi connectivity index (χ0n) is 9.59. The van der Waals surface area contributed by atoms with Crippen LogP contribution in [-0.4, -0.2) is 11.2 Å². The number of nitrogens with zero attached hydrogens (tertiary/aromatic N) is 1. The van der Waals surface area contributed by atoms with Gasteiger partial charge >= 0.3 is 0 Å². The number of thioether (sulfide) groups is 1. The van der Waals surface area contributed by atoms with Gasteiger partial charge in [-0.15, -0.1) is 23.1 Å². The van der Waals surface area contributed by atoms with Crippen LogP contribution in [0, 0.1) is 0 Å². The van der Waals surface area contributed by atoms with E-state index in [1.54, 1.807) is 23.1 Å². The predicted octanol–water partition coefficient (Wildman–Crippen LogP) is 2.61. The van der Waals surface area contributed by atoms with Crippen molar-refractivity contribution in [3.8, 4) is 0 Å². The molecule has 1 unspecified atom stereocenters. The number of benzene rings is 1. The van der Waals surface area contributed by atoms with Gasteiger partial charge in [-0.2, -0.15) is 0 Å². The number of rotatable bonds is 5. The second kappa shape index (κ2) is 6.16. The minimum Gasteiger partial charge on any atom is -0.271 e. The van der Waals surface area contributed by atoms with Gasteiger partial charge in [-0.1, -0.05) is 18.2 Å². The largest absolute Gasteiger partial charge is 0.271 e. The van der Waals surface area contributed by atoms with E-state index in [1.165, 1.54) is 10.5 Å². The zero-order valence-corrected chi connectivity index (χ0v) is 11.2. The summed E-state index contributed by atoms with van der Waals surface area (Å²) >= 11 is 3.40. The third-order valence-corrected chi connectivity index (χ3v) is 4.19. The Morgan fingerprint density at radius 1 is 1.47 bits per heavy atom. The van der Waals surface area contributed by atoms with Gasteiger partial charge in [0.15, 0.2) is 0 Å². The number of nitrogens with one attached hydrogen (secondary N) is 1. The van der Waals surface area contributed by atoms with E-state index in [0.717, 1.165) is 11.4 Å². The van der Waals surface area contributed by atoms with Crippen molar-refractivity contribution in [2.24, 2.45) is 5.84 Å². The molecule has 90 valence electrons. The third-order valence-electron chi connectivity index (χ3n) is 2.58. The van der Waals surface area contributed by atoms with Crippen LogP contribution >= 0.6 is 23.1 Å². The first kappa shape index (κ1) is 12.6. The van der Waals surface area contributed by atoms with Crippen LogP contribution in [0.4, 0.5) is 0 Å². The van der Waals surface area contributed by atoms with E-state index in [-0.39, 0.29) is 6.04 Å². The van der Waals surface area contributed by atoms with Crippen LogP contribution in [0.25, 0.3) is 0 Å². The van der Waals surface area contributed by atoms with Crippen molar-refractivity contribution in [1.29, 1.82) is 0 Å². The van der Waals surface area contributed by atoms with Crippen molar-refractivity contribution < 1.29 is 0 Å². The van der Waals surface area contributed by atoms with Crippen molar-refractivity contribution >= 4 is 23.1 Å². The zero-order chi connectivity index (χ0) is 12.1. The fourth-order valence-corrected chi connectivity index (χ4v) is 3.07. The number of nitrogens with two attached hydrogens (primary N) is 1. The fraction of sp³-hybridized carbons (Fsp3) is 0.250. The van der Waals surface area contributed by atoms with Gasteiger partial charge in [0, 0.05) is 22.9 Å². The number of thiazole rings is 1. The highest BCUT2D eigenvalue weighted by molar-refractivity contribution is 7.98. The Kier molecular flexibility index (Phi) is 4.56. The molecule has 0 radical (unpaired) electrons. The summed E-state index contributed by atoms with van der Waals surface area (Å²) in [5.74, 6) is 5.66. The Balaban J connectivity index is 2.22. The maximum absolute atomic E-state index is 5.66. The summed E-state index contributed by atoms with van der Waals surface area (Å²) in [6.45, 7) is 0. The number of aromatic nitrogens is 1. The summed E-state index contributed by atoms with van der Waals surface area (Å²) < 4.78 is 0. The van der Waals surface area contributed by atoms with Gasteiger partial charge in [0.05, 0.1) is 11.0 Å². The summed E-state index contributed by atoms with van der Waals surface area (Å²) in [4.78, 5) is 5.56. The number of hydrogen-bond acceptors (Lipinski definition) is 5. The molecule has 2 rings (SSSR count). The van der Waals surface area contributed by atoms with Crippen LogP contribution in [0.2, 0.25) is 0 Å². The Hall–Kier alpha value is -0.880. The minimum absolute atomic E-state index is 0.116. The monoisotopic (exact) mass is 265 g/mol. The minimum atomic E-state index is 0.116. The lowest BCUT2D eigenvalue weighted by atomic mass is 10.0. The lowest BCUT2D eigenvalue weighted by Crippen LogP contribution is -2.29.